The Bertz CT molecular complexity index is 866. The van der Waals surface area contributed by atoms with Crippen molar-refractivity contribution in [3.05, 3.63) is 89.4 Å². The summed E-state index contributed by atoms with van der Waals surface area (Å²) in [6.45, 7) is 6.86. The maximum absolute atomic E-state index is 12.9. The van der Waals surface area contributed by atoms with Crippen LogP contribution in [0.25, 0.3) is 0 Å². The van der Waals surface area contributed by atoms with Gasteiger partial charge in [0.1, 0.15) is 23.9 Å². The van der Waals surface area contributed by atoms with Crippen LogP contribution in [0, 0.1) is 6.92 Å². The van der Waals surface area contributed by atoms with Crippen molar-refractivity contribution in [1.29, 1.82) is 0 Å². The van der Waals surface area contributed by atoms with E-state index in [0.29, 0.717) is 18.7 Å². The molecular formula is C23H25NO3. The molecule has 0 aliphatic carbocycles. The molecule has 0 fully saturated rings. The number of amides is 1. The van der Waals surface area contributed by atoms with Gasteiger partial charge in [-0.1, -0.05) is 30.3 Å². The average molecular weight is 363 g/mol. The summed E-state index contributed by atoms with van der Waals surface area (Å²) in [4.78, 5) is 14.8. The van der Waals surface area contributed by atoms with E-state index < -0.39 is 0 Å². The molecule has 27 heavy (non-hydrogen) atoms. The number of carbonyl (C=O) groups excluding carboxylic acids is 1. The summed E-state index contributed by atoms with van der Waals surface area (Å²) in [5.41, 5.74) is 1.68. The molecule has 0 N–H and O–H groups in total. The third kappa shape index (κ3) is 5.00. The van der Waals surface area contributed by atoms with Crippen molar-refractivity contribution in [2.45, 2.75) is 40.0 Å². The topological polar surface area (TPSA) is 42.7 Å². The number of hydrogen-bond acceptors (Lipinski definition) is 3. The Hall–Kier alpha value is -3.01. The molecule has 3 rings (SSSR count). The summed E-state index contributed by atoms with van der Waals surface area (Å²) in [6, 6.07) is 21.2. The quantitative estimate of drug-likeness (QED) is 0.578. The van der Waals surface area contributed by atoms with E-state index in [9.17, 15) is 4.79 Å². The van der Waals surface area contributed by atoms with E-state index in [1.807, 2.05) is 92.4 Å². The van der Waals surface area contributed by atoms with E-state index in [0.717, 1.165) is 22.8 Å². The van der Waals surface area contributed by atoms with Gasteiger partial charge >= 0.3 is 0 Å². The van der Waals surface area contributed by atoms with Crippen molar-refractivity contribution in [2.24, 2.45) is 0 Å². The van der Waals surface area contributed by atoms with Crippen LogP contribution in [0.5, 0.6) is 5.75 Å². The second kappa shape index (κ2) is 8.58. The van der Waals surface area contributed by atoms with Gasteiger partial charge in [0.25, 0.3) is 5.91 Å². The molecule has 1 amide bonds. The fourth-order valence-electron chi connectivity index (χ4n) is 2.82. The Morgan fingerprint density at radius 3 is 2.30 bits per heavy atom. The molecule has 0 spiro atoms. The number of rotatable bonds is 7. The molecule has 4 nitrogen and oxygen atoms in total. The van der Waals surface area contributed by atoms with Crippen LogP contribution in [0.3, 0.4) is 0 Å². The lowest BCUT2D eigenvalue weighted by atomic mass is 10.1. The summed E-state index contributed by atoms with van der Waals surface area (Å²) < 4.78 is 11.4. The predicted octanol–water partition coefficient (Wildman–Crippen LogP) is 5.22. The normalized spacial score (nSPS) is 10.8. The van der Waals surface area contributed by atoms with Gasteiger partial charge < -0.3 is 14.1 Å². The third-order valence-electron chi connectivity index (χ3n) is 4.36. The monoisotopic (exact) mass is 363 g/mol. The fourth-order valence-corrected chi connectivity index (χ4v) is 2.82. The highest BCUT2D eigenvalue weighted by Gasteiger charge is 2.20. The van der Waals surface area contributed by atoms with Crippen LogP contribution in [0.15, 0.2) is 71.1 Å². The minimum atomic E-state index is -0.00502. The Labute approximate surface area is 160 Å². The van der Waals surface area contributed by atoms with Crippen LogP contribution in [0.1, 0.15) is 41.3 Å². The molecule has 0 radical (unpaired) electrons. The van der Waals surface area contributed by atoms with Crippen LogP contribution in [0.2, 0.25) is 0 Å². The smallest absolute Gasteiger partial charge is 0.254 e. The van der Waals surface area contributed by atoms with Gasteiger partial charge in [0, 0.05) is 11.6 Å². The highest BCUT2D eigenvalue weighted by Crippen LogP contribution is 2.17. The lowest BCUT2D eigenvalue weighted by molar-refractivity contribution is 0.0675. The summed E-state index contributed by atoms with van der Waals surface area (Å²) in [7, 11) is 0. The first-order valence-electron chi connectivity index (χ1n) is 9.16. The molecule has 2 aromatic carbocycles. The fraction of sp³-hybridized carbons (Fsp3) is 0.261. The van der Waals surface area contributed by atoms with E-state index in [1.165, 1.54) is 0 Å². The van der Waals surface area contributed by atoms with Crippen molar-refractivity contribution < 1.29 is 13.9 Å². The molecule has 4 heteroatoms. The van der Waals surface area contributed by atoms with E-state index in [4.69, 9.17) is 9.15 Å². The van der Waals surface area contributed by atoms with Gasteiger partial charge in [-0.15, -0.1) is 0 Å². The first kappa shape index (κ1) is 18.8. The zero-order valence-electron chi connectivity index (χ0n) is 16.0. The lowest BCUT2D eigenvalue weighted by Gasteiger charge is -2.26. The Kier molecular flexibility index (Phi) is 5.97. The number of ether oxygens (including phenoxy) is 1. The SMILES string of the molecule is Cc1ccc(CN(C(=O)c2ccc(COc3ccccc3)cc2)C(C)C)o1. The first-order chi connectivity index (χ1) is 13.0. The number of carbonyl (C=O) groups is 1. The number of hydrogen-bond donors (Lipinski definition) is 0. The van der Waals surface area contributed by atoms with Gasteiger partial charge in [0.05, 0.1) is 6.54 Å². The summed E-state index contributed by atoms with van der Waals surface area (Å²) in [5, 5.41) is 0. The molecule has 0 saturated heterocycles. The number of aryl methyl sites for hydroxylation is 1. The number of para-hydroxylation sites is 1. The van der Waals surface area contributed by atoms with Crippen LogP contribution < -0.4 is 4.74 Å². The van der Waals surface area contributed by atoms with E-state index >= 15 is 0 Å². The molecule has 0 aliphatic heterocycles. The van der Waals surface area contributed by atoms with E-state index in [-0.39, 0.29) is 11.9 Å². The Morgan fingerprint density at radius 1 is 1.00 bits per heavy atom. The number of nitrogens with zero attached hydrogens (tertiary/aromatic N) is 1. The second-order valence-corrected chi connectivity index (χ2v) is 6.84. The first-order valence-corrected chi connectivity index (χ1v) is 9.16. The van der Waals surface area contributed by atoms with Gasteiger partial charge in [0.15, 0.2) is 0 Å². The van der Waals surface area contributed by atoms with Gasteiger partial charge in [0.2, 0.25) is 0 Å². The molecule has 0 saturated carbocycles. The van der Waals surface area contributed by atoms with Crippen molar-refractivity contribution in [1.82, 2.24) is 4.90 Å². The molecule has 140 valence electrons. The molecular weight excluding hydrogens is 338 g/mol. The average Bonchev–Trinajstić information content (AvgIpc) is 3.10. The van der Waals surface area contributed by atoms with E-state index in [1.54, 1.807) is 0 Å². The van der Waals surface area contributed by atoms with Crippen LogP contribution >= 0.6 is 0 Å². The minimum Gasteiger partial charge on any atom is -0.489 e. The standard InChI is InChI=1S/C23H25NO3/c1-17(2)24(15-22-14-9-18(3)27-22)23(25)20-12-10-19(11-13-20)16-26-21-7-5-4-6-8-21/h4-14,17H,15-16H2,1-3H3. The van der Waals surface area contributed by atoms with Gasteiger partial charge in [-0.3, -0.25) is 4.79 Å². The van der Waals surface area contributed by atoms with Crippen molar-refractivity contribution in [2.75, 3.05) is 0 Å². The molecule has 0 atom stereocenters. The molecule has 3 aromatic rings. The highest BCUT2D eigenvalue weighted by atomic mass is 16.5. The Morgan fingerprint density at radius 2 is 1.70 bits per heavy atom. The largest absolute Gasteiger partial charge is 0.489 e. The number of benzene rings is 2. The van der Waals surface area contributed by atoms with Crippen LogP contribution in [0.4, 0.5) is 0 Å². The predicted molar refractivity (Wildman–Crippen MR) is 106 cm³/mol. The maximum Gasteiger partial charge on any atom is 0.254 e. The third-order valence-corrected chi connectivity index (χ3v) is 4.36. The molecule has 0 unspecified atom stereocenters. The van der Waals surface area contributed by atoms with Gasteiger partial charge in [-0.2, -0.15) is 0 Å². The highest BCUT2D eigenvalue weighted by molar-refractivity contribution is 5.94. The van der Waals surface area contributed by atoms with Gasteiger partial charge in [-0.05, 0) is 62.7 Å². The van der Waals surface area contributed by atoms with Crippen molar-refractivity contribution in [3.8, 4) is 5.75 Å². The summed E-state index contributed by atoms with van der Waals surface area (Å²) in [5.74, 6) is 2.47. The summed E-state index contributed by atoms with van der Waals surface area (Å²) in [6.07, 6.45) is 0. The summed E-state index contributed by atoms with van der Waals surface area (Å²) >= 11 is 0. The number of furan rings is 1. The van der Waals surface area contributed by atoms with Gasteiger partial charge in [-0.25, -0.2) is 0 Å². The van der Waals surface area contributed by atoms with Crippen molar-refractivity contribution in [3.63, 3.8) is 0 Å². The maximum atomic E-state index is 12.9. The molecule has 0 aliphatic rings. The van der Waals surface area contributed by atoms with Crippen LogP contribution in [-0.4, -0.2) is 16.8 Å². The molecule has 1 heterocycles. The zero-order chi connectivity index (χ0) is 19.2. The second-order valence-electron chi connectivity index (χ2n) is 6.84. The zero-order valence-corrected chi connectivity index (χ0v) is 16.0. The Balaban J connectivity index is 1.65. The minimum absolute atomic E-state index is 0.00502. The van der Waals surface area contributed by atoms with E-state index in [2.05, 4.69) is 0 Å². The van der Waals surface area contributed by atoms with Crippen molar-refractivity contribution >= 4 is 5.91 Å². The molecule has 0 bridgehead atoms. The van der Waals surface area contributed by atoms with Crippen LogP contribution in [-0.2, 0) is 13.2 Å². The molecule has 1 aromatic heterocycles. The lowest BCUT2D eigenvalue weighted by Crippen LogP contribution is -2.36.